The van der Waals surface area contributed by atoms with Crippen molar-refractivity contribution in [3.05, 3.63) is 68.4 Å². The van der Waals surface area contributed by atoms with Crippen molar-refractivity contribution in [1.82, 2.24) is 10.2 Å². The molecule has 0 aliphatic heterocycles. The Morgan fingerprint density at radius 2 is 2.00 bits per heavy atom. The fourth-order valence-electron chi connectivity index (χ4n) is 1.96. The number of amides is 1. The predicted octanol–water partition coefficient (Wildman–Crippen LogP) is 3.19. The third-order valence-corrected chi connectivity index (χ3v) is 4.19. The maximum Gasteiger partial charge on any atom is 0.324 e. The maximum absolute atomic E-state index is 12.0. The molecule has 24 heavy (non-hydrogen) atoms. The Labute approximate surface area is 140 Å². The number of hydrogen-bond acceptors (Lipinski definition) is 7. The van der Waals surface area contributed by atoms with E-state index in [2.05, 4.69) is 15.5 Å². The highest BCUT2D eigenvalue weighted by Gasteiger charge is 2.17. The summed E-state index contributed by atoms with van der Waals surface area (Å²) in [5, 5.41) is 20.6. The van der Waals surface area contributed by atoms with Gasteiger partial charge in [0.2, 0.25) is 5.89 Å². The molecule has 1 amide bonds. The number of hydrogen-bond donors (Lipinski definition) is 1. The van der Waals surface area contributed by atoms with E-state index in [1.807, 2.05) is 31.2 Å². The van der Waals surface area contributed by atoms with Crippen molar-refractivity contribution in [1.29, 1.82) is 0 Å². The first-order chi connectivity index (χ1) is 11.5. The second kappa shape index (κ2) is 6.59. The van der Waals surface area contributed by atoms with E-state index in [9.17, 15) is 14.9 Å². The van der Waals surface area contributed by atoms with Gasteiger partial charge in [0.05, 0.1) is 16.2 Å². The lowest BCUT2D eigenvalue weighted by atomic mass is 10.1. The lowest BCUT2D eigenvalue weighted by molar-refractivity contribution is -0.380. The summed E-state index contributed by atoms with van der Waals surface area (Å²) in [7, 11) is 0. The van der Waals surface area contributed by atoms with Crippen LogP contribution in [-0.2, 0) is 6.42 Å². The molecule has 0 radical (unpaired) electrons. The summed E-state index contributed by atoms with van der Waals surface area (Å²) >= 11 is 0.778. The fourth-order valence-corrected chi connectivity index (χ4v) is 2.68. The Morgan fingerprint density at radius 1 is 1.25 bits per heavy atom. The van der Waals surface area contributed by atoms with Crippen LogP contribution in [0, 0.1) is 17.0 Å². The predicted molar refractivity (Wildman–Crippen MR) is 87.2 cm³/mol. The summed E-state index contributed by atoms with van der Waals surface area (Å²) in [6, 6.07) is 10.5. The van der Waals surface area contributed by atoms with Crippen molar-refractivity contribution in [2.75, 3.05) is 5.32 Å². The van der Waals surface area contributed by atoms with Crippen LogP contribution in [0.15, 0.2) is 40.8 Å². The Balaban J connectivity index is 1.65. The number of rotatable bonds is 5. The van der Waals surface area contributed by atoms with E-state index in [4.69, 9.17) is 4.42 Å². The number of anilines is 1. The molecule has 0 saturated heterocycles. The SMILES string of the molecule is Cc1ccc(Cc2nnc(NC(=O)c3ccc([N+](=O)[O-])s3)o2)cc1. The van der Waals surface area contributed by atoms with Crippen LogP contribution in [0.3, 0.4) is 0 Å². The number of nitrogens with zero attached hydrogens (tertiary/aromatic N) is 3. The van der Waals surface area contributed by atoms with E-state index in [0.29, 0.717) is 12.3 Å². The van der Waals surface area contributed by atoms with Gasteiger partial charge < -0.3 is 4.42 Å². The van der Waals surface area contributed by atoms with E-state index in [-0.39, 0.29) is 15.9 Å². The fraction of sp³-hybridized carbons (Fsp3) is 0.133. The molecule has 2 aromatic heterocycles. The minimum absolute atomic E-state index is 0.0434. The van der Waals surface area contributed by atoms with E-state index in [1.165, 1.54) is 12.1 Å². The van der Waals surface area contributed by atoms with Crippen molar-refractivity contribution in [2.45, 2.75) is 13.3 Å². The molecular formula is C15H12N4O4S. The lowest BCUT2D eigenvalue weighted by Gasteiger charge is -1.98. The molecule has 0 saturated carbocycles. The Bertz CT molecular complexity index is 885. The average Bonchev–Trinajstić information content (AvgIpc) is 3.19. The number of nitrogens with one attached hydrogen (secondary N) is 1. The molecule has 0 atom stereocenters. The molecule has 1 N–H and O–H groups in total. The highest BCUT2D eigenvalue weighted by atomic mass is 32.1. The number of aromatic nitrogens is 2. The number of carbonyl (C=O) groups is 1. The van der Waals surface area contributed by atoms with E-state index >= 15 is 0 Å². The molecule has 0 aliphatic carbocycles. The van der Waals surface area contributed by atoms with Crippen molar-refractivity contribution < 1.29 is 14.1 Å². The molecule has 3 rings (SSSR count). The first kappa shape index (κ1) is 15.8. The van der Waals surface area contributed by atoms with E-state index in [1.54, 1.807) is 0 Å². The van der Waals surface area contributed by atoms with Gasteiger partial charge in [-0.3, -0.25) is 20.2 Å². The van der Waals surface area contributed by atoms with Crippen LogP contribution < -0.4 is 5.32 Å². The first-order valence-corrected chi connectivity index (χ1v) is 7.76. The number of benzene rings is 1. The molecule has 0 fully saturated rings. The van der Waals surface area contributed by atoms with Gasteiger partial charge in [0, 0.05) is 6.07 Å². The monoisotopic (exact) mass is 344 g/mol. The standard InChI is InChI=1S/C15H12N4O4S/c1-9-2-4-10(5-3-9)8-12-17-18-15(23-12)16-14(20)11-6-7-13(24-11)19(21)22/h2-7H,8H2,1H3,(H,16,18,20). The summed E-state index contributed by atoms with van der Waals surface area (Å²) in [4.78, 5) is 22.3. The van der Waals surface area contributed by atoms with Crippen molar-refractivity contribution >= 4 is 28.3 Å². The summed E-state index contributed by atoms with van der Waals surface area (Å²) < 4.78 is 5.38. The van der Waals surface area contributed by atoms with Gasteiger partial charge in [-0.25, -0.2) is 0 Å². The molecule has 122 valence electrons. The van der Waals surface area contributed by atoms with Crippen molar-refractivity contribution in [3.63, 3.8) is 0 Å². The smallest absolute Gasteiger partial charge is 0.324 e. The van der Waals surface area contributed by atoms with Crippen molar-refractivity contribution in [3.8, 4) is 0 Å². The zero-order chi connectivity index (χ0) is 17.1. The highest BCUT2D eigenvalue weighted by molar-refractivity contribution is 7.17. The molecule has 3 aromatic rings. The molecule has 8 nitrogen and oxygen atoms in total. The van der Waals surface area contributed by atoms with Crippen molar-refractivity contribution in [2.24, 2.45) is 0 Å². The van der Waals surface area contributed by atoms with E-state index in [0.717, 1.165) is 22.5 Å². The summed E-state index contributed by atoms with van der Waals surface area (Å²) in [5.74, 6) is -0.162. The number of nitro groups is 1. The van der Waals surface area contributed by atoms with Gasteiger partial charge in [-0.1, -0.05) is 46.3 Å². The summed E-state index contributed by atoms with van der Waals surface area (Å²) in [6.45, 7) is 2.00. The van der Waals surface area contributed by atoms with Crippen LogP contribution >= 0.6 is 11.3 Å². The highest BCUT2D eigenvalue weighted by Crippen LogP contribution is 2.24. The van der Waals surface area contributed by atoms with Gasteiger partial charge in [0.1, 0.15) is 0 Å². The zero-order valence-electron chi connectivity index (χ0n) is 12.6. The quantitative estimate of drug-likeness (QED) is 0.562. The zero-order valence-corrected chi connectivity index (χ0v) is 13.4. The lowest BCUT2D eigenvalue weighted by Crippen LogP contribution is -2.10. The van der Waals surface area contributed by atoms with Crippen LogP contribution in [0.2, 0.25) is 0 Å². The van der Waals surface area contributed by atoms with Gasteiger partial charge >= 0.3 is 11.0 Å². The minimum atomic E-state index is -0.548. The number of thiophene rings is 1. The molecule has 0 spiro atoms. The Kier molecular flexibility index (Phi) is 4.34. The van der Waals surface area contributed by atoms with Gasteiger partial charge in [-0.2, -0.15) is 0 Å². The molecule has 1 aromatic carbocycles. The number of carbonyl (C=O) groups excluding carboxylic acids is 1. The minimum Gasteiger partial charge on any atom is -0.407 e. The normalized spacial score (nSPS) is 10.5. The Morgan fingerprint density at radius 3 is 2.67 bits per heavy atom. The molecule has 9 heteroatoms. The first-order valence-electron chi connectivity index (χ1n) is 6.95. The third-order valence-electron chi connectivity index (χ3n) is 3.16. The number of aryl methyl sites for hydroxylation is 1. The van der Waals surface area contributed by atoms with E-state index < -0.39 is 10.8 Å². The third kappa shape index (κ3) is 3.63. The van der Waals surface area contributed by atoms with Crippen LogP contribution in [0.1, 0.15) is 26.7 Å². The molecule has 0 aliphatic rings. The molecular weight excluding hydrogens is 332 g/mol. The van der Waals surface area contributed by atoms with Gasteiger partial charge in [-0.05, 0) is 18.6 Å². The largest absolute Gasteiger partial charge is 0.407 e. The summed E-state index contributed by atoms with van der Waals surface area (Å²) in [6.07, 6.45) is 0.452. The van der Waals surface area contributed by atoms with Crippen LogP contribution in [0.25, 0.3) is 0 Å². The van der Waals surface area contributed by atoms with Gasteiger partial charge in [0.25, 0.3) is 5.91 Å². The second-order valence-corrected chi connectivity index (χ2v) is 6.07. The van der Waals surface area contributed by atoms with Crippen LogP contribution in [0.5, 0.6) is 0 Å². The second-order valence-electron chi connectivity index (χ2n) is 5.01. The molecule has 0 unspecified atom stereocenters. The van der Waals surface area contributed by atoms with Gasteiger partial charge in [-0.15, -0.1) is 5.10 Å². The molecule has 0 bridgehead atoms. The average molecular weight is 344 g/mol. The summed E-state index contributed by atoms with van der Waals surface area (Å²) in [5.41, 5.74) is 2.17. The Hall–Kier alpha value is -3.07. The van der Waals surface area contributed by atoms with Crippen LogP contribution in [0.4, 0.5) is 11.0 Å². The molecule has 2 heterocycles. The van der Waals surface area contributed by atoms with Gasteiger partial charge in [0.15, 0.2) is 0 Å². The topological polar surface area (TPSA) is 111 Å². The maximum atomic E-state index is 12.0. The van der Waals surface area contributed by atoms with Crippen LogP contribution in [-0.4, -0.2) is 21.0 Å².